The van der Waals surface area contributed by atoms with Crippen LogP contribution in [0.25, 0.3) is 0 Å². The maximum absolute atomic E-state index is 13.7. The van der Waals surface area contributed by atoms with Crippen LogP contribution in [0.2, 0.25) is 0 Å². The van der Waals surface area contributed by atoms with Crippen LogP contribution in [0.15, 0.2) is 23.7 Å². The van der Waals surface area contributed by atoms with Crippen LogP contribution in [0.3, 0.4) is 0 Å². The van der Waals surface area contributed by atoms with E-state index in [1.807, 2.05) is 0 Å². The second-order valence-corrected chi connectivity index (χ2v) is 5.88. The topological polar surface area (TPSA) is 54.0 Å². The summed E-state index contributed by atoms with van der Waals surface area (Å²) in [5.74, 6) is -2.18. The van der Waals surface area contributed by atoms with Gasteiger partial charge < -0.3 is 10.6 Å². The number of thiazole rings is 1. The van der Waals surface area contributed by atoms with Gasteiger partial charge in [-0.1, -0.05) is 0 Å². The molecule has 21 heavy (non-hydrogen) atoms. The van der Waals surface area contributed by atoms with Crippen molar-refractivity contribution in [2.24, 2.45) is 0 Å². The molecule has 1 amide bonds. The predicted octanol–water partition coefficient (Wildman–Crippen LogP) is 3.13. The van der Waals surface area contributed by atoms with E-state index in [0.29, 0.717) is 5.01 Å². The zero-order valence-electron chi connectivity index (χ0n) is 11.8. The molecule has 0 unspecified atom stereocenters. The van der Waals surface area contributed by atoms with Crippen LogP contribution in [0, 0.1) is 11.6 Å². The monoisotopic (exact) mass is 311 g/mol. The first-order valence-electron chi connectivity index (χ1n) is 6.24. The summed E-state index contributed by atoms with van der Waals surface area (Å²) < 4.78 is 27.4. The smallest absolute Gasteiger partial charge is 0.252 e. The summed E-state index contributed by atoms with van der Waals surface area (Å²) in [5.41, 5.74) is -1.06. The molecule has 0 aliphatic heterocycles. The molecule has 112 valence electrons. The number of nitrogens with zero attached hydrogens (tertiary/aromatic N) is 1. The minimum absolute atomic E-state index is 0.0753. The average molecular weight is 311 g/mol. The molecule has 2 rings (SSSR count). The van der Waals surface area contributed by atoms with Gasteiger partial charge in [0.15, 0.2) is 0 Å². The summed E-state index contributed by atoms with van der Waals surface area (Å²) in [5, 5.41) is 7.64. The van der Waals surface area contributed by atoms with Crippen molar-refractivity contribution in [1.29, 1.82) is 0 Å². The van der Waals surface area contributed by atoms with Crippen LogP contribution in [0.4, 0.5) is 14.5 Å². The number of rotatable bonds is 4. The van der Waals surface area contributed by atoms with Gasteiger partial charge in [0.1, 0.15) is 22.3 Å². The van der Waals surface area contributed by atoms with E-state index in [0.717, 1.165) is 12.1 Å². The van der Waals surface area contributed by atoms with E-state index in [1.54, 1.807) is 25.4 Å². The van der Waals surface area contributed by atoms with Crippen LogP contribution in [-0.2, 0) is 5.54 Å². The van der Waals surface area contributed by atoms with Crippen LogP contribution in [-0.4, -0.2) is 17.9 Å². The quantitative estimate of drug-likeness (QED) is 0.912. The third-order valence-corrected chi connectivity index (χ3v) is 4.04. The van der Waals surface area contributed by atoms with E-state index < -0.39 is 23.1 Å². The zero-order chi connectivity index (χ0) is 15.6. The Morgan fingerprint density at radius 2 is 1.90 bits per heavy atom. The maximum Gasteiger partial charge on any atom is 0.252 e. The van der Waals surface area contributed by atoms with E-state index in [2.05, 4.69) is 15.6 Å². The number of anilines is 1. The summed E-state index contributed by atoms with van der Waals surface area (Å²) >= 11 is 1.40. The number of nitrogens with one attached hydrogen (secondary N) is 2. The molecule has 0 atom stereocenters. The van der Waals surface area contributed by atoms with E-state index >= 15 is 0 Å². The largest absolute Gasteiger partial charge is 0.383 e. The zero-order valence-corrected chi connectivity index (χ0v) is 12.6. The molecule has 0 radical (unpaired) electrons. The van der Waals surface area contributed by atoms with Crippen LogP contribution in [0.1, 0.15) is 29.2 Å². The minimum atomic E-state index is -0.810. The van der Waals surface area contributed by atoms with Crippen LogP contribution < -0.4 is 10.6 Å². The van der Waals surface area contributed by atoms with Crippen molar-refractivity contribution in [3.63, 3.8) is 0 Å². The van der Waals surface area contributed by atoms with Gasteiger partial charge in [0.2, 0.25) is 0 Å². The molecule has 2 N–H and O–H groups in total. The van der Waals surface area contributed by atoms with Crippen molar-refractivity contribution in [2.45, 2.75) is 19.4 Å². The molecule has 1 aromatic carbocycles. The molecule has 4 nitrogen and oxygen atoms in total. The van der Waals surface area contributed by atoms with E-state index in [1.165, 1.54) is 18.4 Å². The summed E-state index contributed by atoms with van der Waals surface area (Å²) in [6, 6.07) is 2.00. The Balaban J connectivity index is 2.25. The van der Waals surface area contributed by atoms with Crippen molar-refractivity contribution < 1.29 is 13.6 Å². The van der Waals surface area contributed by atoms with Crippen molar-refractivity contribution in [2.75, 3.05) is 12.4 Å². The van der Waals surface area contributed by atoms with Gasteiger partial charge >= 0.3 is 0 Å². The summed E-state index contributed by atoms with van der Waals surface area (Å²) in [6.07, 6.45) is 1.63. The lowest BCUT2D eigenvalue weighted by Crippen LogP contribution is -2.41. The molecular formula is C14H15F2N3OS. The molecule has 2 aromatic rings. The fourth-order valence-electron chi connectivity index (χ4n) is 1.88. The molecule has 7 heteroatoms. The molecule has 1 aromatic heterocycles. The lowest BCUT2D eigenvalue weighted by Gasteiger charge is -2.24. The van der Waals surface area contributed by atoms with Gasteiger partial charge in [-0.3, -0.25) is 4.79 Å². The standard InChI is InChI=1S/C14H15F2N3OS/c1-14(2,13-18-4-5-21-13)19-12(20)8-6-9(15)11(17-3)10(16)7-8/h4-7,17H,1-3H3,(H,19,20). The minimum Gasteiger partial charge on any atom is -0.383 e. The average Bonchev–Trinajstić information content (AvgIpc) is 2.92. The Labute approximate surface area is 125 Å². The fourth-order valence-corrected chi connectivity index (χ4v) is 2.60. The van der Waals surface area contributed by atoms with Crippen molar-refractivity contribution in [3.05, 3.63) is 45.9 Å². The summed E-state index contributed by atoms with van der Waals surface area (Å²) in [6.45, 7) is 3.55. The van der Waals surface area contributed by atoms with Gasteiger partial charge in [0.05, 0.1) is 5.54 Å². The lowest BCUT2D eigenvalue weighted by molar-refractivity contribution is 0.0911. The van der Waals surface area contributed by atoms with E-state index in [4.69, 9.17) is 0 Å². The molecular weight excluding hydrogens is 296 g/mol. The number of benzene rings is 1. The number of hydrogen-bond donors (Lipinski definition) is 2. The van der Waals surface area contributed by atoms with E-state index in [-0.39, 0.29) is 11.3 Å². The highest BCUT2D eigenvalue weighted by atomic mass is 32.1. The number of amides is 1. The second-order valence-electron chi connectivity index (χ2n) is 4.98. The molecule has 0 aliphatic carbocycles. The number of halogens is 2. The summed E-state index contributed by atoms with van der Waals surface area (Å²) in [7, 11) is 1.41. The number of hydrogen-bond acceptors (Lipinski definition) is 4. The number of carbonyl (C=O) groups excluding carboxylic acids is 1. The van der Waals surface area contributed by atoms with Crippen molar-refractivity contribution in [1.82, 2.24) is 10.3 Å². The Bertz CT molecular complexity index is 633. The van der Waals surface area contributed by atoms with Gasteiger partial charge in [-0.25, -0.2) is 13.8 Å². The SMILES string of the molecule is CNc1c(F)cc(C(=O)NC(C)(C)c2nccs2)cc1F. The molecule has 1 heterocycles. The maximum atomic E-state index is 13.7. The van der Waals surface area contributed by atoms with Crippen molar-refractivity contribution in [3.8, 4) is 0 Å². The second kappa shape index (κ2) is 5.77. The first kappa shape index (κ1) is 15.4. The Morgan fingerprint density at radius 1 is 1.29 bits per heavy atom. The highest BCUT2D eigenvalue weighted by Gasteiger charge is 2.26. The van der Waals surface area contributed by atoms with Gasteiger partial charge in [0.25, 0.3) is 5.91 Å². The Kier molecular flexibility index (Phi) is 4.22. The van der Waals surface area contributed by atoms with Gasteiger partial charge in [-0.05, 0) is 26.0 Å². The third kappa shape index (κ3) is 3.18. The molecule has 0 saturated carbocycles. The predicted molar refractivity (Wildman–Crippen MR) is 78.5 cm³/mol. The fraction of sp³-hybridized carbons (Fsp3) is 0.286. The van der Waals surface area contributed by atoms with Crippen LogP contribution in [0.5, 0.6) is 0 Å². The normalized spacial score (nSPS) is 11.3. The van der Waals surface area contributed by atoms with Gasteiger partial charge in [-0.15, -0.1) is 11.3 Å². The van der Waals surface area contributed by atoms with Gasteiger partial charge in [0, 0.05) is 24.2 Å². The first-order valence-corrected chi connectivity index (χ1v) is 7.12. The first-order chi connectivity index (χ1) is 9.85. The molecule has 0 aliphatic rings. The lowest BCUT2D eigenvalue weighted by atomic mass is 10.1. The molecule has 0 bridgehead atoms. The number of aromatic nitrogens is 1. The summed E-state index contributed by atoms with van der Waals surface area (Å²) in [4.78, 5) is 16.3. The molecule has 0 spiro atoms. The van der Waals surface area contributed by atoms with E-state index in [9.17, 15) is 13.6 Å². The Hall–Kier alpha value is -2.02. The number of carbonyl (C=O) groups is 1. The molecule has 0 saturated heterocycles. The molecule has 0 fully saturated rings. The Morgan fingerprint density at radius 3 is 2.38 bits per heavy atom. The van der Waals surface area contributed by atoms with Crippen molar-refractivity contribution >= 4 is 22.9 Å². The highest BCUT2D eigenvalue weighted by molar-refractivity contribution is 7.09. The van der Waals surface area contributed by atoms with Crippen LogP contribution >= 0.6 is 11.3 Å². The van der Waals surface area contributed by atoms with Gasteiger partial charge in [-0.2, -0.15) is 0 Å². The third-order valence-electron chi connectivity index (χ3n) is 2.95. The highest BCUT2D eigenvalue weighted by Crippen LogP contribution is 2.24.